The maximum Gasteiger partial charge on any atom is 0.333 e. The number of aryl methyl sites for hydroxylation is 1. The molecule has 114 valence electrons. The van der Waals surface area contributed by atoms with E-state index in [0.717, 1.165) is 11.8 Å². The van der Waals surface area contributed by atoms with Crippen LogP contribution in [0.25, 0.3) is 0 Å². The SMILES string of the molecule is CC[C@H]1C=C(C(=O)O)[C@@H](c2ccc(C)cc2)N1S(C)(=O)=O. The Morgan fingerprint density at radius 2 is 1.86 bits per heavy atom. The molecule has 1 aromatic rings. The molecular weight excluding hydrogens is 290 g/mol. The molecule has 1 aliphatic rings. The van der Waals surface area contributed by atoms with Gasteiger partial charge in [-0.05, 0) is 18.9 Å². The summed E-state index contributed by atoms with van der Waals surface area (Å²) in [6, 6.07) is 6.10. The molecule has 0 aliphatic carbocycles. The van der Waals surface area contributed by atoms with E-state index in [1.54, 1.807) is 18.2 Å². The van der Waals surface area contributed by atoms with Crippen molar-refractivity contribution in [1.29, 1.82) is 0 Å². The topological polar surface area (TPSA) is 74.7 Å². The highest BCUT2D eigenvalue weighted by molar-refractivity contribution is 7.88. The zero-order chi connectivity index (χ0) is 15.8. The van der Waals surface area contributed by atoms with Gasteiger partial charge in [0.05, 0.1) is 17.9 Å². The number of hydrogen-bond acceptors (Lipinski definition) is 3. The Hall–Kier alpha value is -1.66. The van der Waals surface area contributed by atoms with Crippen LogP contribution in [0.4, 0.5) is 0 Å². The van der Waals surface area contributed by atoms with Crippen molar-refractivity contribution in [2.45, 2.75) is 32.4 Å². The van der Waals surface area contributed by atoms with Crippen LogP contribution in [0.1, 0.15) is 30.5 Å². The normalized spacial score (nSPS) is 23.1. The van der Waals surface area contributed by atoms with Gasteiger partial charge in [0.1, 0.15) is 0 Å². The summed E-state index contributed by atoms with van der Waals surface area (Å²) in [5.41, 5.74) is 1.84. The van der Waals surface area contributed by atoms with Gasteiger partial charge in [-0.15, -0.1) is 0 Å². The molecule has 0 saturated carbocycles. The van der Waals surface area contributed by atoms with Gasteiger partial charge in [-0.25, -0.2) is 13.2 Å². The van der Waals surface area contributed by atoms with Crippen LogP contribution in [-0.2, 0) is 14.8 Å². The van der Waals surface area contributed by atoms with Gasteiger partial charge in [0.25, 0.3) is 0 Å². The third-order valence-corrected chi connectivity index (χ3v) is 4.94. The lowest BCUT2D eigenvalue weighted by Crippen LogP contribution is -2.38. The first-order valence-electron chi connectivity index (χ1n) is 6.75. The minimum absolute atomic E-state index is 0.121. The van der Waals surface area contributed by atoms with Crippen molar-refractivity contribution in [2.24, 2.45) is 0 Å². The van der Waals surface area contributed by atoms with E-state index >= 15 is 0 Å². The largest absolute Gasteiger partial charge is 0.478 e. The first-order chi connectivity index (χ1) is 9.75. The van der Waals surface area contributed by atoms with Gasteiger partial charge in [0.2, 0.25) is 10.0 Å². The first-order valence-corrected chi connectivity index (χ1v) is 8.60. The van der Waals surface area contributed by atoms with Crippen molar-refractivity contribution in [3.05, 3.63) is 47.0 Å². The number of hydrogen-bond donors (Lipinski definition) is 1. The Kier molecular flexibility index (Phi) is 4.20. The van der Waals surface area contributed by atoms with Crippen LogP contribution in [0.2, 0.25) is 0 Å². The van der Waals surface area contributed by atoms with E-state index in [2.05, 4.69) is 0 Å². The summed E-state index contributed by atoms with van der Waals surface area (Å²) in [5.74, 6) is -1.08. The average molecular weight is 309 g/mol. The summed E-state index contributed by atoms with van der Waals surface area (Å²) in [4.78, 5) is 11.5. The highest BCUT2D eigenvalue weighted by Gasteiger charge is 2.42. The van der Waals surface area contributed by atoms with E-state index in [1.165, 1.54) is 4.31 Å². The molecule has 1 N–H and O–H groups in total. The highest BCUT2D eigenvalue weighted by Crippen LogP contribution is 2.39. The van der Waals surface area contributed by atoms with Crippen molar-refractivity contribution in [1.82, 2.24) is 4.31 Å². The van der Waals surface area contributed by atoms with Crippen LogP contribution >= 0.6 is 0 Å². The van der Waals surface area contributed by atoms with Crippen LogP contribution in [0.5, 0.6) is 0 Å². The fourth-order valence-corrected chi connectivity index (χ4v) is 4.02. The van der Waals surface area contributed by atoms with Crippen molar-refractivity contribution in [3.63, 3.8) is 0 Å². The summed E-state index contributed by atoms with van der Waals surface area (Å²) >= 11 is 0. The minimum Gasteiger partial charge on any atom is -0.478 e. The molecule has 1 heterocycles. The van der Waals surface area contributed by atoms with Crippen LogP contribution in [0, 0.1) is 6.92 Å². The number of rotatable bonds is 4. The van der Waals surface area contributed by atoms with Crippen LogP contribution in [0.3, 0.4) is 0 Å². The zero-order valence-corrected chi connectivity index (χ0v) is 13.1. The molecule has 0 radical (unpaired) electrons. The van der Waals surface area contributed by atoms with Crippen molar-refractivity contribution in [2.75, 3.05) is 6.26 Å². The molecule has 0 amide bonds. The first kappa shape index (κ1) is 15.7. The van der Waals surface area contributed by atoms with Gasteiger partial charge in [0.15, 0.2) is 0 Å². The van der Waals surface area contributed by atoms with Crippen molar-refractivity contribution >= 4 is 16.0 Å². The Balaban J connectivity index is 2.58. The van der Waals surface area contributed by atoms with Gasteiger partial charge in [-0.1, -0.05) is 42.8 Å². The maximum atomic E-state index is 12.1. The van der Waals surface area contributed by atoms with E-state index < -0.39 is 28.1 Å². The summed E-state index contributed by atoms with van der Waals surface area (Å²) in [7, 11) is -3.52. The van der Waals surface area contributed by atoms with Gasteiger partial charge in [-0.2, -0.15) is 4.31 Å². The molecular formula is C15H19NO4S. The van der Waals surface area contributed by atoms with E-state index in [0.29, 0.717) is 12.0 Å². The minimum atomic E-state index is -3.52. The molecule has 21 heavy (non-hydrogen) atoms. The molecule has 0 aromatic heterocycles. The highest BCUT2D eigenvalue weighted by atomic mass is 32.2. The maximum absolute atomic E-state index is 12.1. The molecule has 2 rings (SSSR count). The van der Waals surface area contributed by atoms with E-state index in [4.69, 9.17) is 0 Å². The number of carboxylic acids is 1. The zero-order valence-electron chi connectivity index (χ0n) is 12.3. The number of carbonyl (C=O) groups is 1. The fourth-order valence-electron chi connectivity index (χ4n) is 2.70. The Labute approximate surface area is 124 Å². The summed E-state index contributed by atoms with van der Waals surface area (Å²) in [6.07, 6.45) is 3.20. The lowest BCUT2D eigenvalue weighted by atomic mass is 10.00. The molecule has 1 aliphatic heterocycles. The van der Waals surface area contributed by atoms with Gasteiger partial charge < -0.3 is 5.11 Å². The Morgan fingerprint density at radius 3 is 2.29 bits per heavy atom. The van der Waals surface area contributed by atoms with Gasteiger partial charge in [0, 0.05) is 6.04 Å². The molecule has 0 fully saturated rings. The second kappa shape index (κ2) is 5.61. The van der Waals surface area contributed by atoms with Gasteiger partial charge in [-0.3, -0.25) is 0 Å². The molecule has 0 unspecified atom stereocenters. The molecule has 0 spiro atoms. The van der Waals surface area contributed by atoms with Crippen molar-refractivity contribution in [3.8, 4) is 0 Å². The quantitative estimate of drug-likeness (QED) is 0.924. The lowest BCUT2D eigenvalue weighted by Gasteiger charge is -2.28. The van der Waals surface area contributed by atoms with Crippen LogP contribution in [0.15, 0.2) is 35.9 Å². The van der Waals surface area contributed by atoms with Crippen molar-refractivity contribution < 1.29 is 18.3 Å². The van der Waals surface area contributed by atoms with E-state index in [-0.39, 0.29) is 5.57 Å². The third kappa shape index (κ3) is 3.01. The van der Waals surface area contributed by atoms with Gasteiger partial charge >= 0.3 is 5.97 Å². The number of carboxylic acid groups (broad SMARTS) is 1. The number of sulfonamides is 1. The standard InChI is InChI=1S/C15H19NO4S/c1-4-12-9-13(15(17)18)14(16(12)21(3,19)20)11-7-5-10(2)6-8-11/h5-9,12,14H,4H2,1-3H3,(H,17,18)/t12-,14+/m0/s1. The smallest absolute Gasteiger partial charge is 0.333 e. The van der Waals surface area contributed by atoms with E-state index in [9.17, 15) is 18.3 Å². The summed E-state index contributed by atoms with van der Waals surface area (Å²) in [5, 5.41) is 9.41. The average Bonchev–Trinajstić information content (AvgIpc) is 2.79. The van der Waals surface area contributed by atoms with Crippen LogP contribution < -0.4 is 0 Å². The fraction of sp³-hybridized carbons (Fsp3) is 0.400. The lowest BCUT2D eigenvalue weighted by molar-refractivity contribution is -0.133. The second-order valence-corrected chi connectivity index (χ2v) is 7.20. The monoisotopic (exact) mass is 309 g/mol. The summed E-state index contributed by atoms with van der Waals surface area (Å²) in [6.45, 7) is 3.77. The third-order valence-electron chi connectivity index (χ3n) is 3.69. The predicted octanol–water partition coefficient (Wildman–Crippen LogP) is 2.10. The molecule has 0 saturated heterocycles. The molecule has 0 bridgehead atoms. The Bertz CT molecular complexity index is 676. The molecule has 5 nitrogen and oxygen atoms in total. The Morgan fingerprint density at radius 1 is 1.29 bits per heavy atom. The van der Waals surface area contributed by atoms with E-state index in [1.807, 2.05) is 26.0 Å². The number of aliphatic carboxylic acids is 1. The van der Waals surface area contributed by atoms with Crippen LogP contribution in [-0.4, -0.2) is 36.1 Å². The molecule has 1 aromatic carbocycles. The second-order valence-electron chi connectivity index (χ2n) is 5.31. The number of benzene rings is 1. The molecule has 6 heteroatoms. The number of nitrogens with zero attached hydrogens (tertiary/aromatic N) is 1. The summed E-state index contributed by atoms with van der Waals surface area (Å²) < 4.78 is 25.5. The predicted molar refractivity (Wildman–Crippen MR) is 80.4 cm³/mol. The molecule has 2 atom stereocenters.